The number of carbonyl (C=O) groups excluding carboxylic acids is 3. The molecule has 0 unspecified atom stereocenters. The van der Waals surface area contributed by atoms with Crippen molar-refractivity contribution in [1.82, 2.24) is 4.98 Å². The van der Waals surface area contributed by atoms with Crippen molar-refractivity contribution in [3.8, 4) is 0 Å². The van der Waals surface area contributed by atoms with Crippen molar-refractivity contribution in [3.05, 3.63) is 44.7 Å². The minimum absolute atomic E-state index is 0.168. The number of rotatable bonds is 5. The number of esters is 1. The van der Waals surface area contributed by atoms with E-state index in [1.165, 1.54) is 26.2 Å². The van der Waals surface area contributed by atoms with Crippen LogP contribution in [0, 0.1) is 6.92 Å². The number of hydrogen-bond donors (Lipinski definition) is 3. The van der Waals surface area contributed by atoms with Gasteiger partial charge in [-0.15, -0.1) is 0 Å². The summed E-state index contributed by atoms with van der Waals surface area (Å²) in [4.78, 5) is 38.9. The highest BCUT2D eigenvalue weighted by atomic mass is 35.5. The van der Waals surface area contributed by atoms with Crippen LogP contribution in [0.1, 0.15) is 39.0 Å². The van der Waals surface area contributed by atoms with Crippen molar-refractivity contribution in [3.63, 3.8) is 0 Å². The second-order valence-electron chi connectivity index (χ2n) is 5.60. The molecule has 0 fully saturated rings. The number of hydrogen-bond acceptors (Lipinski definition) is 5. The molecule has 1 aromatic carbocycles. The highest BCUT2D eigenvalue weighted by Crippen LogP contribution is 2.31. The van der Waals surface area contributed by atoms with Gasteiger partial charge in [-0.05, 0) is 24.6 Å². The van der Waals surface area contributed by atoms with Gasteiger partial charge in [-0.2, -0.15) is 0 Å². The Bertz CT molecular complexity index is 883. The first-order chi connectivity index (χ1) is 12.1. The summed E-state index contributed by atoms with van der Waals surface area (Å²) in [7, 11) is 1.23. The first-order valence-corrected chi connectivity index (χ1v) is 8.26. The Balaban J connectivity index is 2.30. The molecule has 0 atom stereocenters. The number of aromatic amines is 1. The molecule has 1 heterocycles. The molecule has 1 amide bonds. The smallest absolute Gasteiger partial charge is 0.339 e. The zero-order chi connectivity index (χ0) is 19.6. The van der Waals surface area contributed by atoms with Crippen LogP contribution in [-0.4, -0.2) is 29.8 Å². The van der Waals surface area contributed by atoms with E-state index < -0.39 is 11.9 Å². The lowest BCUT2D eigenvalue weighted by Gasteiger charge is -2.09. The molecule has 0 aliphatic heterocycles. The third-order valence-electron chi connectivity index (χ3n) is 3.77. The number of aromatic nitrogens is 1. The molecule has 0 saturated heterocycles. The zero-order valence-corrected chi connectivity index (χ0v) is 15.8. The van der Waals surface area contributed by atoms with Gasteiger partial charge in [-0.25, -0.2) is 4.79 Å². The number of ketones is 1. The predicted molar refractivity (Wildman–Crippen MR) is 100 cm³/mol. The molecule has 0 aliphatic rings. The van der Waals surface area contributed by atoms with E-state index in [2.05, 4.69) is 10.3 Å². The maximum Gasteiger partial charge on any atom is 0.339 e. The van der Waals surface area contributed by atoms with Crippen molar-refractivity contribution >= 4 is 52.2 Å². The topological polar surface area (TPSA) is 114 Å². The summed E-state index contributed by atoms with van der Waals surface area (Å²) in [6.07, 6.45) is -0.182. The van der Waals surface area contributed by atoms with E-state index in [0.717, 1.165) is 0 Å². The normalized spacial score (nSPS) is 10.5. The summed E-state index contributed by atoms with van der Waals surface area (Å²) in [5, 5.41) is 3.03. The van der Waals surface area contributed by atoms with Crippen molar-refractivity contribution in [2.75, 3.05) is 18.2 Å². The number of nitrogens with two attached hydrogens (primary N) is 1. The number of benzene rings is 1. The van der Waals surface area contributed by atoms with Crippen LogP contribution in [0.2, 0.25) is 10.0 Å². The Hall–Kier alpha value is -2.51. The van der Waals surface area contributed by atoms with Gasteiger partial charge < -0.3 is 20.8 Å². The zero-order valence-electron chi connectivity index (χ0n) is 14.3. The molecule has 4 N–H and O–H groups in total. The predicted octanol–water partition coefficient (Wildman–Crippen LogP) is 3.38. The average molecular weight is 398 g/mol. The number of Topliss-reactive ketones (excluding diaryl/α,β-unsaturated/α-hetero) is 1. The third kappa shape index (κ3) is 4.00. The Morgan fingerprint density at radius 2 is 1.81 bits per heavy atom. The van der Waals surface area contributed by atoms with Gasteiger partial charge in [-0.3, -0.25) is 9.59 Å². The second-order valence-corrected chi connectivity index (χ2v) is 6.42. The Kier molecular flexibility index (Phi) is 5.94. The number of halogens is 2. The number of nitrogen functional groups attached to an aromatic ring is 1. The summed E-state index contributed by atoms with van der Waals surface area (Å²) in [5.41, 5.74) is 7.37. The van der Waals surface area contributed by atoms with Gasteiger partial charge in [-0.1, -0.05) is 23.2 Å². The lowest BCUT2D eigenvalue weighted by atomic mass is 10.1. The molecule has 2 rings (SSSR count). The summed E-state index contributed by atoms with van der Waals surface area (Å²) < 4.78 is 4.74. The third-order valence-corrected chi connectivity index (χ3v) is 4.39. The van der Waals surface area contributed by atoms with Crippen molar-refractivity contribution in [2.45, 2.75) is 20.3 Å². The molecule has 0 bridgehead atoms. The fourth-order valence-electron chi connectivity index (χ4n) is 2.54. The van der Waals surface area contributed by atoms with Crippen LogP contribution >= 0.6 is 23.2 Å². The molecule has 2 aromatic rings. The maximum absolute atomic E-state index is 12.4. The van der Waals surface area contributed by atoms with Crippen LogP contribution in [0.4, 0.5) is 11.4 Å². The van der Waals surface area contributed by atoms with Crippen LogP contribution < -0.4 is 11.1 Å². The van der Waals surface area contributed by atoms with Crippen molar-refractivity contribution in [2.24, 2.45) is 0 Å². The van der Waals surface area contributed by atoms with Gasteiger partial charge in [0, 0.05) is 18.3 Å². The van der Waals surface area contributed by atoms with Crippen LogP contribution in [0.5, 0.6) is 0 Å². The lowest BCUT2D eigenvalue weighted by Crippen LogP contribution is -2.17. The molecule has 138 valence electrons. The van der Waals surface area contributed by atoms with Gasteiger partial charge in [0.05, 0.1) is 40.5 Å². The fourth-order valence-corrected chi connectivity index (χ4v) is 3.03. The number of nitrogens with one attached hydrogen (secondary N) is 2. The molecule has 7 nitrogen and oxygen atoms in total. The standard InChI is InChI=1S/C17H17Cl2N3O4/c1-7-14(17(25)26-3)12(22-16(7)8(2)23)6-13(24)21-9-4-10(18)15(20)11(19)5-9/h4-5,22H,6,20H2,1-3H3,(H,21,24). The number of anilines is 2. The van der Waals surface area contributed by atoms with Gasteiger partial charge in [0.2, 0.25) is 5.91 Å². The second kappa shape index (κ2) is 7.80. The molecule has 0 saturated carbocycles. The maximum atomic E-state index is 12.4. The van der Waals surface area contributed by atoms with Gasteiger partial charge in [0.15, 0.2) is 5.78 Å². The molecular weight excluding hydrogens is 381 g/mol. The Labute approximate surface area is 159 Å². The summed E-state index contributed by atoms with van der Waals surface area (Å²) >= 11 is 11.9. The van der Waals surface area contributed by atoms with Crippen LogP contribution in [0.25, 0.3) is 0 Å². The van der Waals surface area contributed by atoms with Gasteiger partial charge >= 0.3 is 5.97 Å². The van der Waals surface area contributed by atoms with E-state index in [9.17, 15) is 14.4 Å². The highest BCUT2D eigenvalue weighted by Gasteiger charge is 2.24. The van der Waals surface area contributed by atoms with E-state index in [-0.39, 0.29) is 44.9 Å². The minimum atomic E-state index is -0.632. The van der Waals surface area contributed by atoms with E-state index in [1.54, 1.807) is 6.92 Å². The van der Waals surface area contributed by atoms with Crippen LogP contribution in [0.3, 0.4) is 0 Å². The van der Waals surface area contributed by atoms with E-state index in [0.29, 0.717) is 11.3 Å². The van der Waals surface area contributed by atoms with Gasteiger partial charge in [0.1, 0.15) is 0 Å². The van der Waals surface area contributed by atoms with E-state index in [1.807, 2.05) is 0 Å². The SMILES string of the molecule is COC(=O)c1c(CC(=O)Nc2cc(Cl)c(N)c(Cl)c2)[nH]c(C(C)=O)c1C. The Morgan fingerprint density at radius 1 is 1.23 bits per heavy atom. The van der Waals surface area contributed by atoms with Crippen LogP contribution in [0.15, 0.2) is 12.1 Å². The number of ether oxygens (including phenoxy) is 1. The van der Waals surface area contributed by atoms with Crippen molar-refractivity contribution in [1.29, 1.82) is 0 Å². The molecular formula is C17H17Cl2N3O4. The molecule has 0 spiro atoms. The summed E-state index contributed by atoms with van der Waals surface area (Å²) in [6.45, 7) is 2.97. The van der Waals surface area contributed by atoms with Crippen LogP contribution in [-0.2, 0) is 16.0 Å². The number of methoxy groups -OCH3 is 1. The molecule has 1 aromatic heterocycles. The first kappa shape index (κ1) is 19.8. The summed E-state index contributed by atoms with van der Waals surface area (Å²) in [6, 6.07) is 2.92. The highest BCUT2D eigenvalue weighted by molar-refractivity contribution is 6.39. The largest absolute Gasteiger partial charge is 0.465 e. The molecule has 26 heavy (non-hydrogen) atoms. The summed E-state index contributed by atoms with van der Waals surface area (Å²) in [5.74, 6) is -1.33. The average Bonchev–Trinajstić information content (AvgIpc) is 2.88. The number of carbonyl (C=O) groups is 3. The minimum Gasteiger partial charge on any atom is -0.465 e. The number of H-pyrrole nitrogens is 1. The quantitative estimate of drug-likeness (QED) is 0.406. The van der Waals surface area contributed by atoms with E-state index in [4.69, 9.17) is 33.7 Å². The first-order valence-electron chi connectivity index (χ1n) is 7.50. The molecule has 9 heteroatoms. The number of amides is 1. The van der Waals surface area contributed by atoms with E-state index >= 15 is 0 Å². The van der Waals surface area contributed by atoms with Gasteiger partial charge in [0.25, 0.3) is 0 Å². The van der Waals surface area contributed by atoms with Crippen molar-refractivity contribution < 1.29 is 19.1 Å². The monoisotopic (exact) mass is 397 g/mol. The Morgan fingerprint density at radius 3 is 2.31 bits per heavy atom. The molecule has 0 aliphatic carbocycles. The lowest BCUT2D eigenvalue weighted by molar-refractivity contribution is -0.115. The molecule has 0 radical (unpaired) electrons. The fraction of sp³-hybridized carbons (Fsp3) is 0.235.